The fourth-order valence-corrected chi connectivity index (χ4v) is 4.82. The average Bonchev–Trinajstić information content (AvgIpc) is 3.38. The standard InChI is InChI=1S/C27H20ClN3O7/c1-14-6-7-17(12-20(14)28)29-13-16(11-23(29)32)27(35)38-18-8-9-21(15(2)10-18)30-25(33)19-4-3-5-22(31(36)37)24(19)26(30)34/h3-10,12,16H,11,13H2,1-2H3/t16-/m0/s1. The van der Waals surface area contributed by atoms with Crippen LogP contribution in [0.1, 0.15) is 38.3 Å². The lowest BCUT2D eigenvalue weighted by Crippen LogP contribution is -2.30. The monoisotopic (exact) mass is 533 g/mol. The summed E-state index contributed by atoms with van der Waals surface area (Å²) in [6.45, 7) is 3.61. The smallest absolute Gasteiger partial charge is 0.316 e. The van der Waals surface area contributed by atoms with Crippen molar-refractivity contribution in [3.8, 4) is 5.75 Å². The van der Waals surface area contributed by atoms with Crippen molar-refractivity contribution in [2.75, 3.05) is 16.3 Å². The zero-order valence-electron chi connectivity index (χ0n) is 20.3. The van der Waals surface area contributed by atoms with E-state index in [0.717, 1.165) is 10.5 Å². The lowest BCUT2D eigenvalue weighted by molar-refractivity contribution is -0.385. The molecule has 2 aliphatic heterocycles. The molecule has 5 rings (SSSR count). The first kappa shape index (κ1) is 25.1. The molecule has 0 saturated carbocycles. The van der Waals surface area contributed by atoms with E-state index >= 15 is 0 Å². The number of hydrogen-bond donors (Lipinski definition) is 0. The maximum Gasteiger partial charge on any atom is 0.316 e. The second kappa shape index (κ2) is 9.38. The van der Waals surface area contributed by atoms with Crippen LogP contribution in [-0.2, 0) is 9.59 Å². The Kier molecular flexibility index (Phi) is 6.20. The van der Waals surface area contributed by atoms with Crippen LogP contribution in [0, 0.1) is 29.9 Å². The van der Waals surface area contributed by atoms with Gasteiger partial charge in [-0.25, -0.2) is 4.90 Å². The molecule has 1 fully saturated rings. The van der Waals surface area contributed by atoms with E-state index in [4.69, 9.17) is 16.3 Å². The molecular weight excluding hydrogens is 514 g/mol. The van der Waals surface area contributed by atoms with Gasteiger partial charge in [0, 0.05) is 29.7 Å². The Morgan fingerprint density at radius 2 is 1.79 bits per heavy atom. The topological polar surface area (TPSA) is 127 Å². The van der Waals surface area contributed by atoms with Crippen LogP contribution in [0.4, 0.5) is 17.1 Å². The summed E-state index contributed by atoms with van der Waals surface area (Å²) < 4.78 is 5.52. The Morgan fingerprint density at radius 3 is 2.47 bits per heavy atom. The van der Waals surface area contributed by atoms with Crippen molar-refractivity contribution in [3.05, 3.63) is 92.0 Å². The quantitative estimate of drug-likeness (QED) is 0.154. The summed E-state index contributed by atoms with van der Waals surface area (Å²) in [6, 6.07) is 13.5. The lowest BCUT2D eigenvalue weighted by Gasteiger charge is -2.18. The van der Waals surface area contributed by atoms with Crippen LogP contribution in [0.2, 0.25) is 5.02 Å². The summed E-state index contributed by atoms with van der Waals surface area (Å²) in [6.07, 6.45) is -0.0186. The SMILES string of the molecule is Cc1ccc(N2C[C@@H](C(=O)Oc3ccc(N4C(=O)c5cccc([N+](=O)[O-])c5C4=O)c(C)c3)CC2=O)cc1Cl. The Morgan fingerprint density at radius 1 is 1.03 bits per heavy atom. The largest absolute Gasteiger partial charge is 0.426 e. The normalized spacial score (nSPS) is 16.7. The van der Waals surface area contributed by atoms with Gasteiger partial charge < -0.3 is 9.64 Å². The number of hydrogen-bond acceptors (Lipinski definition) is 7. The third-order valence-corrected chi connectivity index (χ3v) is 7.05. The van der Waals surface area contributed by atoms with Crippen LogP contribution in [0.3, 0.4) is 0 Å². The van der Waals surface area contributed by atoms with Gasteiger partial charge in [0.15, 0.2) is 0 Å². The summed E-state index contributed by atoms with van der Waals surface area (Å²) in [5.41, 5.74) is 1.36. The van der Waals surface area contributed by atoms with E-state index in [1.807, 2.05) is 6.92 Å². The number of amides is 3. The average molecular weight is 534 g/mol. The molecule has 0 unspecified atom stereocenters. The Hall–Kier alpha value is -4.57. The fourth-order valence-electron chi connectivity index (χ4n) is 4.65. The van der Waals surface area contributed by atoms with Gasteiger partial charge in [-0.05, 0) is 61.4 Å². The number of rotatable bonds is 5. The van der Waals surface area contributed by atoms with Gasteiger partial charge in [0.05, 0.1) is 22.1 Å². The number of ether oxygens (including phenoxy) is 1. The van der Waals surface area contributed by atoms with E-state index < -0.39 is 34.3 Å². The van der Waals surface area contributed by atoms with E-state index in [2.05, 4.69) is 0 Å². The third kappa shape index (κ3) is 4.18. The number of fused-ring (bicyclic) bond motifs is 1. The summed E-state index contributed by atoms with van der Waals surface area (Å²) >= 11 is 6.18. The number of esters is 1. The van der Waals surface area contributed by atoms with Gasteiger partial charge in [-0.15, -0.1) is 0 Å². The van der Waals surface area contributed by atoms with Gasteiger partial charge in [0.2, 0.25) is 5.91 Å². The molecule has 1 saturated heterocycles. The fraction of sp³-hybridized carbons (Fsp3) is 0.185. The Bertz CT molecular complexity index is 1570. The third-order valence-electron chi connectivity index (χ3n) is 6.64. The van der Waals surface area contributed by atoms with Crippen molar-refractivity contribution in [1.29, 1.82) is 0 Å². The van der Waals surface area contributed by atoms with E-state index in [9.17, 15) is 29.3 Å². The lowest BCUT2D eigenvalue weighted by atomic mass is 10.1. The van der Waals surface area contributed by atoms with Crippen LogP contribution in [0.5, 0.6) is 5.75 Å². The Labute approximate surface area is 221 Å². The first-order chi connectivity index (χ1) is 18.1. The summed E-state index contributed by atoms with van der Waals surface area (Å²) in [4.78, 5) is 64.4. The van der Waals surface area contributed by atoms with Gasteiger partial charge in [-0.3, -0.25) is 29.3 Å². The highest BCUT2D eigenvalue weighted by atomic mass is 35.5. The van der Waals surface area contributed by atoms with Crippen molar-refractivity contribution in [2.45, 2.75) is 20.3 Å². The highest BCUT2D eigenvalue weighted by Crippen LogP contribution is 2.36. The first-order valence-corrected chi connectivity index (χ1v) is 12.0. The first-order valence-electron chi connectivity index (χ1n) is 11.6. The van der Waals surface area contributed by atoms with E-state index in [1.165, 1.54) is 41.3 Å². The molecule has 38 heavy (non-hydrogen) atoms. The molecule has 0 aromatic heterocycles. The van der Waals surface area contributed by atoms with E-state index in [0.29, 0.717) is 16.3 Å². The molecule has 11 heteroatoms. The molecule has 3 amide bonds. The van der Waals surface area contributed by atoms with Crippen LogP contribution < -0.4 is 14.5 Å². The van der Waals surface area contributed by atoms with Crippen molar-refractivity contribution in [1.82, 2.24) is 0 Å². The number of anilines is 2. The van der Waals surface area contributed by atoms with Gasteiger partial charge in [-0.1, -0.05) is 23.7 Å². The molecule has 2 aliphatic rings. The van der Waals surface area contributed by atoms with Crippen molar-refractivity contribution in [3.63, 3.8) is 0 Å². The van der Waals surface area contributed by atoms with E-state index in [1.54, 1.807) is 25.1 Å². The molecule has 3 aromatic carbocycles. The molecule has 3 aromatic rings. The maximum absolute atomic E-state index is 13.0. The van der Waals surface area contributed by atoms with Crippen LogP contribution in [0.25, 0.3) is 0 Å². The van der Waals surface area contributed by atoms with E-state index in [-0.39, 0.29) is 41.4 Å². The second-order valence-electron chi connectivity index (χ2n) is 9.11. The van der Waals surface area contributed by atoms with Gasteiger partial charge >= 0.3 is 5.97 Å². The molecular formula is C27H20ClN3O7. The van der Waals surface area contributed by atoms with Gasteiger partial charge in [-0.2, -0.15) is 0 Å². The van der Waals surface area contributed by atoms with Gasteiger partial charge in [0.1, 0.15) is 11.3 Å². The minimum atomic E-state index is -0.800. The zero-order chi connectivity index (χ0) is 27.3. The molecule has 0 spiro atoms. The van der Waals surface area contributed by atoms with Crippen molar-refractivity contribution < 1.29 is 28.8 Å². The number of halogens is 1. The second-order valence-corrected chi connectivity index (χ2v) is 9.52. The zero-order valence-corrected chi connectivity index (χ0v) is 21.0. The summed E-state index contributed by atoms with van der Waals surface area (Å²) in [5, 5.41) is 11.9. The molecule has 0 radical (unpaired) electrons. The predicted octanol–water partition coefficient (Wildman–Crippen LogP) is 4.62. The molecule has 0 N–H and O–H groups in total. The highest BCUT2D eigenvalue weighted by molar-refractivity contribution is 6.36. The maximum atomic E-state index is 13.0. The van der Waals surface area contributed by atoms with Crippen LogP contribution in [-0.4, -0.2) is 35.2 Å². The van der Waals surface area contributed by atoms with Crippen molar-refractivity contribution in [2.24, 2.45) is 5.92 Å². The molecule has 1 atom stereocenters. The number of aryl methyl sites for hydroxylation is 2. The number of nitro groups is 1. The number of carbonyl (C=O) groups is 4. The van der Waals surface area contributed by atoms with Crippen molar-refractivity contribution >= 4 is 52.4 Å². The molecule has 0 bridgehead atoms. The minimum absolute atomic E-state index is 0.0186. The van der Waals surface area contributed by atoms with Crippen LogP contribution >= 0.6 is 11.6 Å². The molecule has 10 nitrogen and oxygen atoms in total. The molecule has 2 heterocycles. The highest BCUT2D eigenvalue weighted by Gasteiger charge is 2.42. The Balaban J connectivity index is 1.32. The molecule has 0 aliphatic carbocycles. The minimum Gasteiger partial charge on any atom is -0.426 e. The number of imide groups is 1. The summed E-state index contributed by atoms with van der Waals surface area (Å²) in [7, 11) is 0. The number of benzene rings is 3. The number of nitro benzene ring substituents is 1. The number of carbonyl (C=O) groups excluding carboxylic acids is 4. The predicted molar refractivity (Wildman–Crippen MR) is 138 cm³/mol. The van der Waals surface area contributed by atoms with Crippen LogP contribution in [0.15, 0.2) is 54.6 Å². The summed E-state index contributed by atoms with van der Waals surface area (Å²) in [5.74, 6) is -2.82. The molecule has 192 valence electrons. The van der Waals surface area contributed by atoms with Gasteiger partial charge in [0.25, 0.3) is 17.5 Å². The number of nitrogens with zero attached hydrogens (tertiary/aromatic N) is 3.